The second kappa shape index (κ2) is 5.61. The lowest BCUT2D eigenvalue weighted by Crippen LogP contribution is -2.30. The van der Waals surface area contributed by atoms with Gasteiger partial charge in [-0.2, -0.15) is 0 Å². The number of carbonyl (C=O) groups is 1. The average molecular weight is 286 g/mol. The van der Waals surface area contributed by atoms with Crippen LogP contribution in [0.25, 0.3) is 0 Å². The number of anilines is 1. The number of nitrogens with two attached hydrogens (primary N) is 1. The van der Waals surface area contributed by atoms with Gasteiger partial charge in [0.05, 0.1) is 13.7 Å². The van der Waals surface area contributed by atoms with E-state index in [-0.39, 0.29) is 5.76 Å². The summed E-state index contributed by atoms with van der Waals surface area (Å²) in [7, 11) is 1.34. The largest absolute Gasteiger partial charge is 0.463 e. The highest BCUT2D eigenvalue weighted by Crippen LogP contribution is 2.25. The quantitative estimate of drug-likeness (QED) is 0.692. The molecule has 2 aromatic rings. The van der Waals surface area contributed by atoms with Crippen LogP contribution in [0.15, 0.2) is 34.7 Å². The highest BCUT2D eigenvalue weighted by Gasteiger charge is 2.19. The van der Waals surface area contributed by atoms with Crippen molar-refractivity contribution in [2.75, 3.05) is 19.4 Å². The standard InChI is InChI=1S/C16H18N2O3/c1-20-16(19)15-6-5-12(21-15)10-18-8-7-13-11(9-18)3-2-4-14(13)17/h2-6H,7-10,17H2,1H3. The molecule has 110 valence electrons. The second-order valence-corrected chi connectivity index (χ2v) is 5.20. The highest BCUT2D eigenvalue weighted by atomic mass is 16.5. The average Bonchev–Trinajstić information content (AvgIpc) is 2.95. The van der Waals surface area contributed by atoms with Crippen LogP contribution >= 0.6 is 0 Å². The monoisotopic (exact) mass is 286 g/mol. The summed E-state index contributed by atoms with van der Waals surface area (Å²) in [6.07, 6.45) is 0.937. The minimum Gasteiger partial charge on any atom is -0.463 e. The van der Waals surface area contributed by atoms with E-state index in [1.165, 1.54) is 18.2 Å². The molecule has 0 spiro atoms. The number of rotatable bonds is 3. The molecule has 2 N–H and O–H groups in total. The topological polar surface area (TPSA) is 68.7 Å². The third kappa shape index (κ3) is 2.78. The molecule has 0 saturated carbocycles. The number of carbonyl (C=O) groups excluding carboxylic acids is 1. The van der Waals surface area contributed by atoms with Gasteiger partial charge in [0.25, 0.3) is 0 Å². The van der Waals surface area contributed by atoms with Gasteiger partial charge in [-0.25, -0.2) is 4.79 Å². The zero-order chi connectivity index (χ0) is 14.8. The SMILES string of the molecule is COC(=O)c1ccc(CN2CCc3c(N)cccc3C2)o1. The number of benzene rings is 1. The van der Waals surface area contributed by atoms with Crippen molar-refractivity contribution >= 4 is 11.7 Å². The minimum atomic E-state index is -0.446. The van der Waals surface area contributed by atoms with Gasteiger partial charge in [0.2, 0.25) is 5.76 Å². The molecule has 0 unspecified atom stereocenters. The molecule has 0 radical (unpaired) electrons. The van der Waals surface area contributed by atoms with Gasteiger partial charge in [-0.05, 0) is 35.7 Å². The predicted octanol–water partition coefficient (Wildman–Crippen LogP) is 2.21. The van der Waals surface area contributed by atoms with E-state index in [1.54, 1.807) is 6.07 Å². The normalized spacial score (nSPS) is 14.7. The summed E-state index contributed by atoms with van der Waals surface area (Å²) in [5.41, 5.74) is 9.39. The van der Waals surface area contributed by atoms with Crippen LogP contribution in [0.3, 0.4) is 0 Å². The van der Waals surface area contributed by atoms with Crippen molar-refractivity contribution < 1.29 is 13.9 Å². The van der Waals surface area contributed by atoms with Crippen LogP contribution in [0.2, 0.25) is 0 Å². The Balaban J connectivity index is 1.70. The van der Waals surface area contributed by atoms with E-state index in [0.29, 0.717) is 6.54 Å². The first-order valence-electron chi connectivity index (χ1n) is 6.93. The lowest BCUT2D eigenvalue weighted by Gasteiger charge is -2.28. The molecule has 0 aliphatic carbocycles. The molecule has 3 rings (SSSR count). The number of hydrogen-bond donors (Lipinski definition) is 1. The summed E-state index contributed by atoms with van der Waals surface area (Å²) >= 11 is 0. The zero-order valence-corrected chi connectivity index (χ0v) is 12.0. The maximum Gasteiger partial charge on any atom is 0.373 e. The fourth-order valence-electron chi connectivity index (χ4n) is 2.73. The Hall–Kier alpha value is -2.27. The van der Waals surface area contributed by atoms with E-state index in [0.717, 1.165) is 31.0 Å². The molecule has 0 saturated heterocycles. The number of furan rings is 1. The van der Waals surface area contributed by atoms with E-state index < -0.39 is 5.97 Å². The van der Waals surface area contributed by atoms with Gasteiger partial charge in [-0.1, -0.05) is 12.1 Å². The van der Waals surface area contributed by atoms with Crippen LogP contribution in [0.1, 0.15) is 27.4 Å². The molecule has 0 bridgehead atoms. The zero-order valence-electron chi connectivity index (χ0n) is 12.0. The highest BCUT2D eigenvalue weighted by molar-refractivity contribution is 5.86. The van der Waals surface area contributed by atoms with Crippen LogP contribution in [0, 0.1) is 0 Å². The van der Waals surface area contributed by atoms with Crippen LogP contribution in [-0.2, 0) is 24.2 Å². The van der Waals surface area contributed by atoms with Crippen molar-refractivity contribution in [2.45, 2.75) is 19.5 Å². The Kier molecular flexibility index (Phi) is 3.66. The molecule has 1 aromatic carbocycles. The Morgan fingerprint density at radius 1 is 1.38 bits per heavy atom. The molecule has 21 heavy (non-hydrogen) atoms. The van der Waals surface area contributed by atoms with E-state index in [4.69, 9.17) is 10.2 Å². The minimum absolute atomic E-state index is 0.245. The smallest absolute Gasteiger partial charge is 0.373 e. The van der Waals surface area contributed by atoms with E-state index in [1.807, 2.05) is 18.2 Å². The van der Waals surface area contributed by atoms with Crippen LogP contribution < -0.4 is 5.73 Å². The molecule has 1 aliphatic heterocycles. The van der Waals surface area contributed by atoms with Gasteiger partial charge in [0.1, 0.15) is 5.76 Å². The molecule has 0 atom stereocenters. The summed E-state index contributed by atoms with van der Waals surface area (Å²) in [6, 6.07) is 9.52. The lowest BCUT2D eigenvalue weighted by molar-refractivity contribution is 0.0561. The molecule has 0 amide bonds. The third-order valence-corrected chi connectivity index (χ3v) is 3.81. The van der Waals surface area contributed by atoms with Gasteiger partial charge in [0.15, 0.2) is 0 Å². The first kappa shape index (κ1) is 13.7. The number of methoxy groups -OCH3 is 1. The van der Waals surface area contributed by atoms with Crippen LogP contribution in [0.5, 0.6) is 0 Å². The van der Waals surface area contributed by atoms with Gasteiger partial charge in [-0.15, -0.1) is 0 Å². The number of ether oxygens (including phenoxy) is 1. The van der Waals surface area contributed by atoms with Gasteiger partial charge in [-0.3, -0.25) is 4.90 Å². The third-order valence-electron chi connectivity index (χ3n) is 3.81. The van der Waals surface area contributed by atoms with E-state index >= 15 is 0 Å². The summed E-state index contributed by atoms with van der Waals surface area (Å²) < 4.78 is 10.1. The lowest BCUT2D eigenvalue weighted by atomic mass is 9.98. The predicted molar refractivity (Wildman–Crippen MR) is 78.7 cm³/mol. The van der Waals surface area contributed by atoms with Crippen LogP contribution in [0.4, 0.5) is 5.69 Å². The van der Waals surface area contributed by atoms with Crippen molar-refractivity contribution in [3.05, 3.63) is 53.0 Å². The molecule has 5 nitrogen and oxygen atoms in total. The number of hydrogen-bond acceptors (Lipinski definition) is 5. The summed E-state index contributed by atoms with van der Waals surface area (Å²) in [5, 5.41) is 0. The Morgan fingerprint density at radius 2 is 2.24 bits per heavy atom. The number of nitrogen functional groups attached to an aromatic ring is 1. The van der Waals surface area contributed by atoms with Gasteiger partial charge >= 0.3 is 5.97 Å². The summed E-state index contributed by atoms with van der Waals surface area (Å²) in [5.74, 6) is 0.565. The first-order valence-corrected chi connectivity index (χ1v) is 6.93. The second-order valence-electron chi connectivity index (χ2n) is 5.20. The van der Waals surface area contributed by atoms with Crippen molar-refractivity contribution in [1.82, 2.24) is 4.90 Å². The van der Waals surface area contributed by atoms with Gasteiger partial charge < -0.3 is 14.9 Å². The van der Waals surface area contributed by atoms with Crippen molar-refractivity contribution in [2.24, 2.45) is 0 Å². The number of fused-ring (bicyclic) bond motifs is 1. The van der Waals surface area contributed by atoms with Crippen molar-refractivity contribution in [1.29, 1.82) is 0 Å². The number of nitrogens with zero attached hydrogens (tertiary/aromatic N) is 1. The van der Waals surface area contributed by atoms with Crippen molar-refractivity contribution in [3.8, 4) is 0 Å². The van der Waals surface area contributed by atoms with E-state index in [9.17, 15) is 4.79 Å². The molecule has 1 aromatic heterocycles. The fourth-order valence-corrected chi connectivity index (χ4v) is 2.73. The molecule has 0 fully saturated rings. The Bertz CT molecular complexity index is 663. The van der Waals surface area contributed by atoms with Gasteiger partial charge in [0, 0.05) is 18.8 Å². The Morgan fingerprint density at radius 3 is 3.05 bits per heavy atom. The molecule has 2 heterocycles. The number of esters is 1. The maximum absolute atomic E-state index is 11.4. The van der Waals surface area contributed by atoms with Crippen molar-refractivity contribution in [3.63, 3.8) is 0 Å². The summed E-state index contributed by atoms with van der Waals surface area (Å²) in [6.45, 7) is 2.44. The summed E-state index contributed by atoms with van der Waals surface area (Å²) in [4.78, 5) is 13.7. The van der Waals surface area contributed by atoms with Crippen LogP contribution in [-0.4, -0.2) is 24.5 Å². The first-order chi connectivity index (χ1) is 10.2. The molecular weight excluding hydrogens is 268 g/mol. The Labute approximate surface area is 123 Å². The fraction of sp³-hybridized carbons (Fsp3) is 0.312. The van der Waals surface area contributed by atoms with E-state index in [2.05, 4.69) is 15.7 Å². The molecular formula is C16H18N2O3. The molecule has 1 aliphatic rings. The maximum atomic E-state index is 11.4. The molecule has 5 heteroatoms.